The highest BCUT2D eigenvalue weighted by Gasteiger charge is 2.43. The van der Waals surface area contributed by atoms with Gasteiger partial charge < -0.3 is 19.5 Å². The van der Waals surface area contributed by atoms with Crippen LogP contribution in [0.2, 0.25) is 0 Å². The minimum atomic E-state index is -0.274. The molecule has 31 heavy (non-hydrogen) atoms. The number of aliphatic hydroxyl groups excluding tert-OH is 1. The number of benzene rings is 1. The molecule has 3 aliphatic heterocycles. The molecule has 8 nitrogen and oxygen atoms in total. The van der Waals surface area contributed by atoms with E-state index >= 15 is 0 Å². The van der Waals surface area contributed by atoms with Crippen molar-refractivity contribution in [1.82, 2.24) is 14.7 Å². The Labute approximate surface area is 183 Å². The Morgan fingerprint density at radius 1 is 1.10 bits per heavy atom. The lowest BCUT2D eigenvalue weighted by atomic mass is 9.96. The average Bonchev–Trinajstić information content (AvgIpc) is 3.07. The van der Waals surface area contributed by atoms with Crippen molar-refractivity contribution >= 4 is 17.4 Å². The summed E-state index contributed by atoms with van der Waals surface area (Å²) in [6.07, 6.45) is 1.80. The maximum absolute atomic E-state index is 13.5. The van der Waals surface area contributed by atoms with Gasteiger partial charge in [0.15, 0.2) is 0 Å². The Kier molecular flexibility index (Phi) is 6.89. The number of carbonyl (C=O) groups is 2. The molecule has 0 aromatic heterocycles. The van der Waals surface area contributed by atoms with Gasteiger partial charge in [-0.15, -0.1) is 0 Å². The van der Waals surface area contributed by atoms with Crippen molar-refractivity contribution in [2.24, 2.45) is 5.92 Å². The van der Waals surface area contributed by atoms with Gasteiger partial charge in [0.2, 0.25) is 0 Å². The third-order valence-corrected chi connectivity index (χ3v) is 6.36. The summed E-state index contributed by atoms with van der Waals surface area (Å²) in [5, 5.41) is 9.67. The van der Waals surface area contributed by atoms with Gasteiger partial charge in [0.1, 0.15) is 11.4 Å². The monoisotopic (exact) mass is 429 g/mol. The highest BCUT2D eigenvalue weighted by atomic mass is 16.5. The lowest BCUT2D eigenvalue weighted by Crippen LogP contribution is -2.45. The molecular weight excluding hydrogens is 398 g/mol. The first kappa shape index (κ1) is 21.8. The van der Waals surface area contributed by atoms with Crippen LogP contribution in [0.25, 0.3) is 5.57 Å². The van der Waals surface area contributed by atoms with Crippen LogP contribution in [0, 0.1) is 5.92 Å². The van der Waals surface area contributed by atoms with Crippen molar-refractivity contribution in [2.45, 2.75) is 12.8 Å². The smallest absolute Gasteiger partial charge is 0.277 e. The Morgan fingerprint density at radius 2 is 1.87 bits per heavy atom. The SMILES string of the molecule is COc1ccccc1C1=C(N2CCCC(CO)C2)C(=O)N(CCN2CCOCC2)C1=O. The van der Waals surface area contributed by atoms with Crippen molar-refractivity contribution in [2.75, 3.05) is 66.2 Å². The molecule has 2 fully saturated rings. The Bertz CT molecular complexity index is 849. The topological polar surface area (TPSA) is 82.6 Å². The molecule has 2 saturated heterocycles. The van der Waals surface area contributed by atoms with E-state index < -0.39 is 0 Å². The molecule has 3 heterocycles. The first-order valence-electron chi connectivity index (χ1n) is 11.0. The molecule has 1 N–H and O–H groups in total. The summed E-state index contributed by atoms with van der Waals surface area (Å²) >= 11 is 0. The molecule has 0 radical (unpaired) electrons. The predicted molar refractivity (Wildman–Crippen MR) is 115 cm³/mol. The van der Waals surface area contributed by atoms with E-state index in [1.807, 2.05) is 23.1 Å². The minimum Gasteiger partial charge on any atom is -0.496 e. The minimum absolute atomic E-state index is 0.0800. The fraction of sp³-hybridized carbons (Fsp3) is 0.565. The number of methoxy groups -OCH3 is 1. The van der Waals surface area contributed by atoms with Crippen LogP contribution in [0.15, 0.2) is 30.0 Å². The van der Waals surface area contributed by atoms with Crippen LogP contribution in [0.5, 0.6) is 5.75 Å². The number of likely N-dealkylation sites (tertiary alicyclic amines) is 1. The molecule has 0 aliphatic carbocycles. The van der Waals surface area contributed by atoms with Gasteiger partial charge in [-0.05, 0) is 24.8 Å². The molecule has 0 saturated carbocycles. The number of amides is 2. The summed E-state index contributed by atoms with van der Waals surface area (Å²) < 4.78 is 10.9. The van der Waals surface area contributed by atoms with Gasteiger partial charge in [0, 0.05) is 51.4 Å². The standard InChI is InChI=1S/C23H31N3O5/c1-30-19-7-3-2-6-18(19)20-21(25-8-4-5-17(15-25)16-27)23(29)26(22(20)28)10-9-24-11-13-31-14-12-24/h2-3,6-7,17,27H,4-5,8-16H2,1H3. The molecule has 8 heteroatoms. The number of aliphatic hydroxyl groups is 1. The molecule has 3 aliphatic rings. The predicted octanol–water partition coefficient (Wildman–Crippen LogP) is 0.812. The summed E-state index contributed by atoms with van der Waals surface area (Å²) in [7, 11) is 1.57. The quantitative estimate of drug-likeness (QED) is 0.643. The van der Waals surface area contributed by atoms with Crippen LogP contribution in [0.1, 0.15) is 18.4 Å². The lowest BCUT2D eigenvalue weighted by molar-refractivity contribution is -0.138. The molecule has 4 rings (SSSR count). The van der Waals surface area contributed by atoms with E-state index in [9.17, 15) is 14.7 Å². The largest absolute Gasteiger partial charge is 0.496 e. The first-order chi connectivity index (χ1) is 15.1. The molecule has 0 bridgehead atoms. The second kappa shape index (κ2) is 9.80. The van der Waals surface area contributed by atoms with Crippen molar-refractivity contribution in [1.29, 1.82) is 0 Å². The maximum atomic E-state index is 13.5. The zero-order valence-corrected chi connectivity index (χ0v) is 18.1. The molecular formula is C23H31N3O5. The molecule has 168 valence electrons. The van der Waals surface area contributed by atoms with Gasteiger partial charge in [-0.2, -0.15) is 0 Å². The number of para-hydroxylation sites is 1. The number of carbonyl (C=O) groups excluding carboxylic acids is 2. The van der Waals surface area contributed by atoms with Gasteiger partial charge in [0.05, 0.1) is 25.9 Å². The maximum Gasteiger partial charge on any atom is 0.277 e. The van der Waals surface area contributed by atoms with E-state index in [2.05, 4.69) is 4.90 Å². The molecule has 2 amide bonds. The summed E-state index contributed by atoms with van der Waals surface area (Å²) in [5.41, 5.74) is 1.48. The molecule has 1 aromatic rings. The zero-order valence-electron chi connectivity index (χ0n) is 18.1. The van der Waals surface area contributed by atoms with Crippen LogP contribution in [0.4, 0.5) is 0 Å². The Morgan fingerprint density at radius 3 is 2.61 bits per heavy atom. The van der Waals surface area contributed by atoms with Crippen molar-refractivity contribution < 1.29 is 24.2 Å². The molecule has 0 spiro atoms. The van der Waals surface area contributed by atoms with Gasteiger partial charge in [0.25, 0.3) is 11.8 Å². The summed E-state index contributed by atoms with van der Waals surface area (Å²) in [6.45, 7) is 5.28. The normalized spacial score (nSPS) is 23.1. The average molecular weight is 430 g/mol. The van der Waals surface area contributed by atoms with Crippen molar-refractivity contribution in [3.8, 4) is 5.75 Å². The summed E-state index contributed by atoms with van der Waals surface area (Å²) in [5.74, 6) is 0.147. The van der Waals surface area contributed by atoms with Crippen molar-refractivity contribution in [3.05, 3.63) is 35.5 Å². The number of morpholine rings is 1. The number of hydrogen-bond acceptors (Lipinski definition) is 7. The third kappa shape index (κ3) is 4.46. The molecule has 1 unspecified atom stereocenters. The lowest BCUT2D eigenvalue weighted by Gasteiger charge is -2.34. The van der Waals surface area contributed by atoms with Gasteiger partial charge in [-0.3, -0.25) is 19.4 Å². The molecule has 1 atom stereocenters. The fourth-order valence-electron chi connectivity index (χ4n) is 4.64. The van der Waals surface area contributed by atoms with E-state index in [4.69, 9.17) is 9.47 Å². The van der Waals surface area contributed by atoms with Gasteiger partial charge >= 0.3 is 0 Å². The number of ether oxygens (including phenoxy) is 2. The number of piperidine rings is 1. The van der Waals surface area contributed by atoms with E-state index in [1.54, 1.807) is 13.2 Å². The van der Waals surface area contributed by atoms with E-state index in [0.717, 1.165) is 25.9 Å². The van der Waals surface area contributed by atoms with Crippen LogP contribution in [-0.2, 0) is 14.3 Å². The van der Waals surface area contributed by atoms with Crippen molar-refractivity contribution in [3.63, 3.8) is 0 Å². The highest BCUT2D eigenvalue weighted by Crippen LogP contribution is 2.37. The first-order valence-corrected chi connectivity index (χ1v) is 11.0. The molecule has 1 aromatic carbocycles. The van der Waals surface area contributed by atoms with Crippen LogP contribution >= 0.6 is 0 Å². The van der Waals surface area contributed by atoms with Crippen LogP contribution < -0.4 is 4.74 Å². The number of hydrogen-bond donors (Lipinski definition) is 1. The van der Waals surface area contributed by atoms with Crippen LogP contribution in [-0.4, -0.2) is 97.8 Å². The second-order valence-electron chi connectivity index (χ2n) is 8.28. The summed E-state index contributed by atoms with van der Waals surface area (Å²) in [4.78, 5) is 32.6. The Balaban J connectivity index is 1.65. The second-order valence-corrected chi connectivity index (χ2v) is 8.28. The van der Waals surface area contributed by atoms with E-state index in [1.165, 1.54) is 4.90 Å². The highest BCUT2D eigenvalue weighted by molar-refractivity contribution is 6.36. The number of nitrogens with zero attached hydrogens (tertiary/aromatic N) is 3. The number of rotatable bonds is 7. The third-order valence-electron chi connectivity index (χ3n) is 6.36. The zero-order chi connectivity index (χ0) is 21.8. The van der Waals surface area contributed by atoms with Crippen LogP contribution in [0.3, 0.4) is 0 Å². The van der Waals surface area contributed by atoms with Gasteiger partial charge in [-0.1, -0.05) is 18.2 Å². The summed E-state index contributed by atoms with van der Waals surface area (Å²) in [6, 6.07) is 7.34. The number of imide groups is 1. The fourth-order valence-corrected chi connectivity index (χ4v) is 4.64. The van der Waals surface area contributed by atoms with E-state index in [0.29, 0.717) is 62.0 Å². The van der Waals surface area contributed by atoms with E-state index in [-0.39, 0.29) is 24.3 Å². The van der Waals surface area contributed by atoms with Gasteiger partial charge in [-0.25, -0.2) is 0 Å². The Hall–Kier alpha value is -2.42.